The number of benzene rings is 2. The molecule has 2 aromatic carbocycles. The van der Waals surface area contributed by atoms with E-state index in [9.17, 15) is 0 Å². The lowest BCUT2D eigenvalue weighted by atomic mass is 9.99. The summed E-state index contributed by atoms with van der Waals surface area (Å²) in [4.78, 5) is 0. The second-order valence-corrected chi connectivity index (χ2v) is 5.13. The Morgan fingerprint density at radius 3 is 2.65 bits per heavy atom. The van der Waals surface area contributed by atoms with Gasteiger partial charge in [0.05, 0.1) is 0 Å². The van der Waals surface area contributed by atoms with Crippen LogP contribution < -0.4 is 14.8 Å². The van der Waals surface area contributed by atoms with Crippen LogP contribution in [0.15, 0.2) is 36.4 Å². The van der Waals surface area contributed by atoms with Gasteiger partial charge in [0.15, 0.2) is 11.5 Å². The molecule has 0 aromatic heterocycles. The van der Waals surface area contributed by atoms with Gasteiger partial charge in [-0.3, -0.25) is 0 Å². The molecule has 1 N–H and O–H groups in total. The van der Waals surface area contributed by atoms with Crippen LogP contribution in [0.2, 0.25) is 5.02 Å². The molecule has 0 radical (unpaired) electrons. The zero-order chi connectivity index (χ0) is 13.9. The summed E-state index contributed by atoms with van der Waals surface area (Å²) in [6.45, 7) is 1.98. The third kappa shape index (κ3) is 2.60. The molecule has 2 aromatic rings. The highest BCUT2D eigenvalue weighted by Crippen LogP contribution is 2.36. The minimum Gasteiger partial charge on any atom is -0.486 e. The van der Waals surface area contributed by atoms with Gasteiger partial charge >= 0.3 is 0 Å². The van der Waals surface area contributed by atoms with Gasteiger partial charge in [-0.1, -0.05) is 23.7 Å². The van der Waals surface area contributed by atoms with Gasteiger partial charge in [-0.05, 0) is 48.0 Å². The molecule has 1 aliphatic rings. The Bertz CT molecular complexity index is 628. The quantitative estimate of drug-likeness (QED) is 0.938. The first-order chi connectivity index (χ1) is 9.78. The monoisotopic (exact) mass is 289 g/mol. The molecule has 4 heteroatoms. The standard InChI is InChI=1S/C16H16ClNO2/c1-18-10-12-8-13(17)3-4-14(12)11-2-5-15-16(9-11)20-7-6-19-15/h2-5,8-9,18H,6-7,10H2,1H3. The SMILES string of the molecule is CNCc1cc(Cl)ccc1-c1ccc2c(c1)OCCO2. The smallest absolute Gasteiger partial charge is 0.161 e. The van der Waals surface area contributed by atoms with E-state index in [0.29, 0.717) is 13.2 Å². The molecule has 1 aliphatic heterocycles. The summed E-state index contributed by atoms with van der Waals surface area (Å²) in [5.74, 6) is 1.61. The summed E-state index contributed by atoms with van der Waals surface area (Å²) in [6, 6.07) is 12.0. The molecule has 3 nitrogen and oxygen atoms in total. The van der Waals surface area contributed by atoms with Gasteiger partial charge in [0.25, 0.3) is 0 Å². The normalized spacial score (nSPS) is 13.3. The van der Waals surface area contributed by atoms with Crippen molar-refractivity contribution in [3.8, 4) is 22.6 Å². The van der Waals surface area contributed by atoms with Gasteiger partial charge in [0.2, 0.25) is 0 Å². The fourth-order valence-electron chi connectivity index (χ4n) is 2.39. The molecular formula is C16H16ClNO2. The Kier molecular flexibility index (Phi) is 3.81. The zero-order valence-electron chi connectivity index (χ0n) is 11.3. The minimum atomic E-state index is 0.598. The fourth-order valence-corrected chi connectivity index (χ4v) is 2.59. The Morgan fingerprint density at radius 1 is 1.05 bits per heavy atom. The molecule has 20 heavy (non-hydrogen) atoms. The van der Waals surface area contributed by atoms with E-state index in [1.54, 1.807) is 0 Å². The highest BCUT2D eigenvalue weighted by atomic mass is 35.5. The number of hydrogen-bond donors (Lipinski definition) is 1. The third-order valence-corrected chi connectivity index (χ3v) is 3.52. The minimum absolute atomic E-state index is 0.598. The van der Waals surface area contributed by atoms with Gasteiger partial charge in [-0.15, -0.1) is 0 Å². The number of rotatable bonds is 3. The topological polar surface area (TPSA) is 30.5 Å². The van der Waals surface area contributed by atoms with E-state index in [1.165, 1.54) is 0 Å². The maximum absolute atomic E-state index is 6.08. The molecule has 0 saturated heterocycles. The molecular weight excluding hydrogens is 274 g/mol. The zero-order valence-corrected chi connectivity index (χ0v) is 12.0. The summed E-state index contributed by atoms with van der Waals surface area (Å²) in [7, 11) is 1.93. The molecule has 0 fully saturated rings. The average molecular weight is 290 g/mol. The van der Waals surface area contributed by atoms with Crippen LogP contribution in [0.5, 0.6) is 11.5 Å². The van der Waals surface area contributed by atoms with E-state index >= 15 is 0 Å². The van der Waals surface area contributed by atoms with Gasteiger partial charge < -0.3 is 14.8 Å². The summed E-state index contributed by atoms with van der Waals surface area (Å²) in [6.07, 6.45) is 0. The predicted octanol–water partition coefficient (Wildman–Crippen LogP) is 3.50. The van der Waals surface area contributed by atoms with E-state index in [4.69, 9.17) is 21.1 Å². The first-order valence-electron chi connectivity index (χ1n) is 6.61. The van der Waals surface area contributed by atoms with Crippen molar-refractivity contribution in [1.29, 1.82) is 0 Å². The van der Waals surface area contributed by atoms with Crippen molar-refractivity contribution in [2.45, 2.75) is 6.54 Å². The van der Waals surface area contributed by atoms with Crippen molar-refractivity contribution in [1.82, 2.24) is 5.32 Å². The maximum atomic E-state index is 6.08. The first-order valence-corrected chi connectivity index (χ1v) is 6.99. The van der Waals surface area contributed by atoms with Gasteiger partial charge in [0.1, 0.15) is 13.2 Å². The van der Waals surface area contributed by atoms with Crippen LogP contribution in [0.3, 0.4) is 0 Å². The fraction of sp³-hybridized carbons (Fsp3) is 0.250. The number of ether oxygens (including phenoxy) is 2. The van der Waals surface area contributed by atoms with Crippen LogP contribution in [-0.2, 0) is 6.54 Å². The van der Waals surface area contributed by atoms with E-state index < -0.39 is 0 Å². The van der Waals surface area contributed by atoms with Gasteiger partial charge in [-0.2, -0.15) is 0 Å². The number of halogens is 1. The van der Waals surface area contributed by atoms with Crippen molar-refractivity contribution < 1.29 is 9.47 Å². The molecule has 0 aliphatic carbocycles. The van der Waals surface area contributed by atoms with Crippen LogP contribution >= 0.6 is 11.6 Å². The highest BCUT2D eigenvalue weighted by Gasteiger charge is 2.14. The lowest BCUT2D eigenvalue weighted by Gasteiger charge is -2.19. The molecule has 0 amide bonds. The number of nitrogens with one attached hydrogen (secondary N) is 1. The summed E-state index contributed by atoms with van der Waals surface area (Å²) in [5, 5.41) is 3.92. The lowest BCUT2D eigenvalue weighted by Crippen LogP contribution is -2.15. The maximum Gasteiger partial charge on any atom is 0.161 e. The summed E-state index contributed by atoms with van der Waals surface area (Å²) in [5.41, 5.74) is 3.42. The first kappa shape index (κ1) is 13.3. The van der Waals surface area contributed by atoms with Crippen LogP contribution in [0, 0.1) is 0 Å². The molecule has 104 valence electrons. The second-order valence-electron chi connectivity index (χ2n) is 4.69. The van der Waals surface area contributed by atoms with Crippen molar-refractivity contribution in [2.24, 2.45) is 0 Å². The second kappa shape index (κ2) is 5.73. The molecule has 0 atom stereocenters. The molecule has 0 bridgehead atoms. The number of fused-ring (bicyclic) bond motifs is 1. The van der Waals surface area contributed by atoms with Crippen LogP contribution in [0.1, 0.15) is 5.56 Å². The number of hydrogen-bond acceptors (Lipinski definition) is 3. The molecule has 0 spiro atoms. The summed E-state index contributed by atoms with van der Waals surface area (Å²) < 4.78 is 11.2. The predicted molar refractivity (Wildman–Crippen MR) is 80.6 cm³/mol. The van der Waals surface area contributed by atoms with Crippen LogP contribution in [0.4, 0.5) is 0 Å². The van der Waals surface area contributed by atoms with E-state index in [-0.39, 0.29) is 0 Å². The van der Waals surface area contributed by atoms with Crippen LogP contribution in [0.25, 0.3) is 11.1 Å². The highest BCUT2D eigenvalue weighted by molar-refractivity contribution is 6.30. The Morgan fingerprint density at radius 2 is 1.85 bits per heavy atom. The van der Waals surface area contributed by atoms with E-state index in [1.807, 2.05) is 37.4 Å². The van der Waals surface area contributed by atoms with E-state index in [0.717, 1.165) is 39.8 Å². The summed E-state index contributed by atoms with van der Waals surface area (Å²) >= 11 is 6.08. The largest absolute Gasteiger partial charge is 0.486 e. The van der Waals surface area contributed by atoms with Gasteiger partial charge in [0, 0.05) is 11.6 Å². The van der Waals surface area contributed by atoms with Crippen molar-refractivity contribution in [3.63, 3.8) is 0 Å². The lowest BCUT2D eigenvalue weighted by molar-refractivity contribution is 0.171. The van der Waals surface area contributed by atoms with Crippen molar-refractivity contribution in [2.75, 3.05) is 20.3 Å². The van der Waals surface area contributed by atoms with E-state index in [2.05, 4.69) is 11.4 Å². The van der Waals surface area contributed by atoms with Crippen LogP contribution in [-0.4, -0.2) is 20.3 Å². The van der Waals surface area contributed by atoms with Crippen molar-refractivity contribution >= 4 is 11.6 Å². The van der Waals surface area contributed by atoms with Crippen molar-refractivity contribution in [3.05, 3.63) is 47.0 Å². The average Bonchev–Trinajstić information content (AvgIpc) is 2.47. The molecule has 3 rings (SSSR count). The molecule has 1 heterocycles. The van der Waals surface area contributed by atoms with Gasteiger partial charge in [-0.25, -0.2) is 0 Å². The Balaban J connectivity index is 2.04. The third-order valence-electron chi connectivity index (χ3n) is 3.29. The molecule has 0 unspecified atom stereocenters. The Hall–Kier alpha value is -1.71. The molecule has 0 saturated carbocycles. The Labute approximate surface area is 123 Å².